The molecule has 0 aliphatic heterocycles. The summed E-state index contributed by atoms with van der Waals surface area (Å²) in [7, 11) is 0. The largest absolute Gasteiger partial charge is 0.457 e. The maximum absolute atomic E-state index is 12.5. The molecule has 3 aromatic rings. The Morgan fingerprint density at radius 3 is 2.32 bits per heavy atom. The molecule has 0 aliphatic rings. The minimum absolute atomic E-state index is 0.240. The van der Waals surface area contributed by atoms with E-state index in [9.17, 15) is 4.79 Å². The molecule has 0 saturated carbocycles. The fourth-order valence-corrected chi connectivity index (χ4v) is 3.48. The van der Waals surface area contributed by atoms with Crippen LogP contribution in [0.25, 0.3) is 0 Å². The number of carbonyl (C=O) groups excluding carboxylic acids is 1. The number of aromatic nitrogens is 1. The quantitative estimate of drug-likeness (QED) is 0.680. The van der Waals surface area contributed by atoms with Crippen LogP contribution in [0.2, 0.25) is 0 Å². The molecule has 0 bridgehead atoms. The van der Waals surface area contributed by atoms with Crippen LogP contribution >= 0.6 is 11.3 Å². The molecule has 2 aromatic carbocycles. The van der Waals surface area contributed by atoms with Gasteiger partial charge in [0.05, 0.1) is 16.7 Å². The van der Waals surface area contributed by atoms with Gasteiger partial charge in [-0.25, -0.2) is 9.78 Å². The van der Waals surface area contributed by atoms with E-state index in [4.69, 9.17) is 10.5 Å². The number of aryl methyl sites for hydroxylation is 1. The van der Waals surface area contributed by atoms with E-state index >= 15 is 0 Å². The van der Waals surface area contributed by atoms with Gasteiger partial charge in [0, 0.05) is 0 Å². The summed E-state index contributed by atoms with van der Waals surface area (Å²) < 4.78 is 5.44. The fourth-order valence-electron chi connectivity index (χ4n) is 2.59. The van der Waals surface area contributed by atoms with Gasteiger partial charge in [-0.3, -0.25) is 0 Å². The standard InChI is InChI=1S/C20H20N2O2S/c1-14-22-18(17(21)12-15-8-4-2-5-9-15)19(25-14)20(23)24-13-16-10-6-3-7-11-16/h2-11,17H,12-13,21H2,1H3/t17-/m0/s1. The van der Waals surface area contributed by atoms with Gasteiger partial charge in [0.25, 0.3) is 0 Å². The zero-order chi connectivity index (χ0) is 17.6. The van der Waals surface area contributed by atoms with Gasteiger partial charge in [-0.1, -0.05) is 60.7 Å². The van der Waals surface area contributed by atoms with Gasteiger partial charge < -0.3 is 10.5 Å². The van der Waals surface area contributed by atoms with Gasteiger partial charge in [0.1, 0.15) is 11.5 Å². The molecular formula is C20H20N2O2S. The Morgan fingerprint density at radius 1 is 1.08 bits per heavy atom. The molecular weight excluding hydrogens is 332 g/mol. The zero-order valence-electron chi connectivity index (χ0n) is 14.0. The average Bonchev–Trinajstić information content (AvgIpc) is 3.03. The lowest BCUT2D eigenvalue weighted by Gasteiger charge is -2.11. The van der Waals surface area contributed by atoms with E-state index in [-0.39, 0.29) is 18.6 Å². The van der Waals surface area contributed by atoms with Crippen molar-refractivity contribution in [2.75, 3.05) is 0 Å². The Balaban J connectivity index is 1.72. The predicted octanol–water partition coefficient (Wildman–Crippen LogP) is 4.05. The summed E-state index contributed by atoms with van der Waals surface area (Å²) in [5, 5.41) is 0.810. The molecule has 1 heterocycles. The first kappa shape index (κ1) is 17.3. The van der Waals surface area contributed by atoms with Crippen LogP contribution in [0.1, 0.15) is 37.5 Å². The molecule has 128 valence electrons. The maximum Gasteiger partial charge on any atom is 0.350 e. The van der Waals surface area contributed by atoms with Gasteiger partial charge in [-0.2, -0.15) is 0 Å². The normalized spacial score (nSPS) is 11.9. The van der Waals surface area contributed by atoms with Crippen molar-refractivity contribution in [2.24, 2.45) is 5.73 Å². The van der Waals surface area contributed by atoms with Crippen LogP contribution in [0.3, 0.4) is 0 Å². The lowest BCUT2D eigenvalue weighted by molar-refractivity contribution is 0.0476. The van der Waals surface area contributed by atoms with Gasteiger partial charge in [-0.05, 0) is 24.5 Å². The summed E-state index contributed by atoms with van der Waals surface area (Å²) in [6.45, 7) is 2.11. The van der Waals surface area contributed by atoms with Crippen molar-refractivity contribution in [3.8, 4) is 0 Å². The second-order valence-corrected chi connectivity index (χ2v) is 7.01. The molecule has 0 amide bonds. The highest BCUT2D eigenvalue weighted by molar-refractivity contribution is 7.13. The minimum Gasteiger partial charge on any atom is -0.457 e. The van der Waals surface area contributed by atoms with Crippen LogP contribution in [0.15, 0.2) is 60.7 Å². The molecule has 2 N–H and O–H groups in total. The van der Waals surface area contributed by atoms with Crippen LogP contribution < -0.4 is 5.73 Å². The van der Waals surface area contributed by atoms with Crippen molar-refractivity contribution in [3.63, 3.8) is 0 Å². The monoisotopic (exact) mass is 352 g/mol. The molecule has 1 aromatic heterocycles. The van der Waals surface area contributed by atoms with E-state index in [2.05, 4.69) is 4.98 Å². The Labute approximate surface area is 151 Å². The second-order valence-electron chi connectivity index (χ2n) is 5.81. The van der Waals surface area contributed by atoms with Crippen molar-refractivity contribution in [3.05, 3.63) is 87.4 Å². The molecule has 1 atom stereocenters. The molecule has 0 aliphatic carbocycles. The van der Waals surface area contributed by atoms with E-state index in [1.807, 2.05) is 67.6 Å². The Bertz CT molecular complexity index is 831. The summed E-state index contributed by atoms with van der Waals surface area (Å²) in [6, 6.07) is 19.2. The van der Waals surface area contributed by atoms with Crippen molar-refractivity contribution < 1.29 is 9.53 Å². The SMILES string of the molecule is Cc1nc([C@@H](N)Cc2ccccc2)c(C(=O)OCc2ccccc2)s1. The summed E-state index contributed by atoms with van der Waals surface area (Å²) in [4.78, 5) is 17.5. The second kappa shape index (κ2) is 8.05. The van der Waals surface area contributed by atoms with E-state index in [0.717, 1.165) is 16.1 Å². The lowest BCUT2D eigenvalue weighted by atomic mass is 10.0. The first-order chi connectivity index (χ1) is 12.1. The van der Waals surface area contributed by atoms with Crippen LogP contribution in [0.5, 0.6) is 0 Å². The van der Waals surface area contributed by atoms with Gasteiger partial charge in [-0.15, -0.1) is 11.3 Å². The molecule has 3 rings (SSSR count). The van der Waals surface area contributed by atoms with Crippen LogP contribution in [0.4, 0.5) is 0 Å². The van der Waals surface area contributed by atoms with Gasteiger partial charge >= 0.3 is 5.97 Å². The van der Waals surface area contributed by atoms with Crippen LogP contribution in [0, 0.1) is 6.92 Å². The maximum atomic E-state index is 12.5. The van der Waals surface area contributed by atoms with Crippen LogP contribution in [-0.4, -0.2) is 11.0 Å². The molecule has 0 unspecified atom stereocenters. The van der Waals surface area contributed by atoms with Crippen LogP contribution in [-0.2, 0) is 17.8 Å². The lowest BCUT2D eigenvalue weighted by Crippen LogP contribution is -2.18. The highest BCUT2D eigenvalue weighted by Crippen LogP contribution is 2.26. The van der Waals surface area contributed by atoms with Gasteiger partial charge in [0.15, 0.2) is 0 Å². The average molecular weight is 352 g/mol. The number of esters is 1. The molecule has 0 fully saturated rings. The van der Waals surface area contributed by atoms with E-state index in [1.165, 1.54) is 11.3 Å². The third kappa shape index (κ3) is 4.53. The zero-order valence-corrected chi connectivity index (χ0v) is 14.8. The summed E-state index contributed by atoms with van der Waals surface area (Å²) in [6.07, 6.45) is 0.628. The smallest absolute Gasteiger partial charge is 0.350 e. The Morgan fingerprint density at radius 2 is 1.68 bits per heavy atom. The highest BCUT2D eigenvalue weighted by atomic mass is 32.1. The Kier molecular flexibility index (Phi) is 5.58. The number of thiazole rings is 1. The number of hydrogen-bond donors (Lipinski definition) is 1. The number of benzene rings is 2. The topological polar surface area (TPSA) is 65.2 Å². The van der Waals surface area contributed by atoms with Gasteiger partial charge in [0.2, 0.25) is 0 Å². The van der Waals surface area contributed by atoms with Crippen molar-refractivity contribution in [2.45, 2.75) is 26.0 Å². The molecule has 25 heavy (non-hydrogen) atoms. The summed E-state index contributed by atoms with van der Waals surface area (Å²) in [5.74, 6) is -0.368. The van der Waals surface area contributed by atoms with E-state index in [1.54, 1.807) is 0 Å². The summed E-state index contributed by atoms with van der Waals surface area (Å²) in [5.41, 5.74) is 9.00. The number of nitrogens with two attached hydrogens (primary N) is 1. The number of nitrogens with zero attached hydrogens (tertiary/aromatic N) is 1. The third-order valence-electron chi connectivity index (χ3n) is 3.81. The molecule has 0 radical (unpaired) electrons. The summed E-state index contributed by atoms with van der Waals surface area (Å²) >= 11 is 1.33. The molecule has 4 nitrogen and oxygen atoms in total. The number of ether oxygens (including phenoxy) is 1. The highest BCUT2D eigenvalue weighted by Gasteiger charge is 2.23. The number of carbonyl (C=O) groups is 1. The minimum atomic E-state index is -0.368. The van der Waals surface area contributed by atoms with Crippen molar-refractivity contribution in [1.29, 1.82) is 0 Å². The number of rotatable bonds is 6. The number of hydrogen-bond acceptors (Lipinski definition) is 5. The van der Waals surface area contributed by atoms with Crippen molar-refractivity contribution >= 4 is 17.3 Å². The molecule has 0 spiro atoms. The van der Waals surface area contributed by atoms with Crippen molar-refractivity contribution in [1.82, 2.24) is 4.98 Å². The Hall–Kier alpha value is -2.50. The predicted molar refractivity (Wildman–Crippen MR) is 99.5 cm³/mol. The fraction of sp³-hybridized carbons (Fsp3) is 0.200. The van der Waals surface area contributed by atoms with E-state index in [0.29, 0.717) is 17.0 Å². The molecule has 0 saturated heterocycles. The first-order valence-corrected chi connectivity index (χ1v) is 8.93. The van der Waals surface area contributed by atoms with E-state index < -0.39 is 0 Å². The third-order valence-corrected chi connectivity index (χ3v) is 4.77. The molecule has 5 heteroatoms. The first-order valence-electron chi connectivity index (χ1n) is 8.11.